The van der Waals surface area contributed by atoms with E-state index in [0.29, 0.717) is 19.6 Å². The Labute approximate surface area is 101 Å². The monoisotopic (exact) mass is 265 g/mol. The van der Waals surface area contributed by atoms with Crippen LogP contribution in [0, 0.1) is 0 Å². The predicted molar refractivity (Wildman–Crippen MR) is 61.1 cm³/mol. The first-order valence-electron chi connectivity index (χ1n) is 5.88. The van der Waals surface area contributed by atoms with Gasteiger partial charge in [-0.1, -0.05) is 0 Å². The Hall–Kier alpha value is -0.210. The zero-order chi connectivity index (χ0) is 12.4. The molecule has 2 rings (SSSR count). The van der Waals surface area contributed by atoms with Gasteiger partial charge >= 0.3 is 0 Å². The van der Waals surface area contributed by atoms with Crippen LogP contribution in [-0.2, 0) is 19.5 Å². The molecule has 0 aromatic heterocycles. The summed E-state index contributed by atoms with van der Waals surface area (Å²) in [6, 6.07) is 0. The Balaban J connectivity index is 1.80. The number of hydrogen-bond donors (Lipinski definition) is 2. The highest BCUT2D eigenvalue weighted by molar-refractivity contribution is 7.89. The topological polar surface area (TPSA) is 84.9 Å². The summed E-state index contributed by atoms with van der Waals surface area (Å²) in [5.74, 6) is -0.0239. The summed E-state index contributed by atoms with van der Waals surface area (Å²) in [5, 5.41) is 9.93. The maximum Gasteiger partial charge on any atom is 0.214 e. The van der Waals surface area contributed by atoms with E-state index in [-0.39, 0.29) is 25.0 Å². The molecule has 0 amide bonds. The van der Waals surface area contributed by atoms with Crippen molar-refractivity contribution < 1.29 is 23.0 Å². The second kappa shape index (κ2) is 5.19. The van der Waals surface area contributed by atoms with Crippen LogP contribution in [-0.4, -0.2) is 57.3 Å². The maximum absolute atomic E-state index is 11.7. The van der Waals surface area contributed by atoms with Gasteiger partial charge < -0.3 is 14.6 Å². The highest BCUT2D eigenvalue weighted by Gasteiger charge is 2.34. The fraction of sp³-hybridized carbons (Fsp3) is 1.00. The molecule has 7 heteroatoms. The first kappa shape index (κ1) is 13.2. The molecule has 2 heterocycles. The smallest absolute Gasteiger partial charge is 0.214 e. The van der Waals surface area contributed by atoms with Crippen molar-refractivity contribution in [2.24, 2.45) is 0 Å². The fourth-order valence-electron chi connectivity index (χ4n) is 2.06. The molecule has 2 fully saturated rings. The van der Waals surface area contributed by atoms with Crippen LogP contribution in [0.15, 0.2) is 0 Å². The molecule has 0 bridgehead atoms. The summed E-state index contributed by atoms with van der Waals surface area (Å²) in [5.41, 5.74) is -1.05. The van der Waals surface area contributed by atoms with E-state index in [2.05, 4.69) is 4.72 Å². The van der Waals surface area contributed by atoms with Crippen LogP contribution in [0.25, 0.3) is 0 Å². The molecular formula is C10H19NO5S. The van der Waals surface area contributed by atoms with Gasteiger partial charge in [-0.15, -0.1) is 0 Å². The van der Waals surface area contributed by atoms with Crippen molar-refractivity contribution >= 4 is 10.0 Å². The Morgan fingerprint density at radius 3 is 2.82 bits per heavy atom. The number of ether oxygens (including phenoxy) is 2. The van der Waals surface area contributed by atoms with Gasteiger partial charge in [0.15, 0.2) is 0 Å². The average molecular weight is 265 g/mol. The summed E-state index contributed by atoms with van der Waals surface area (Å²) in [6.07, 6.45) is 1.96. The van der Waals surface area contributed by atoms with Gasteiger partial charge in [-0.25, -0.2) is 13.1 Å². The third-order valence-electron chi connectivity index (χ3n) is 3.13. The molecule has 17 heavy (non-hydrogen) atoms. The molecule has 0 spiro atoms. The van der Waals surface area contributed by atoms with Gasteiger partial charge in [0.25, 0.3) is 0 Å². The van der Waals surface area contributed by atoms with Crippen LogP contribution in [0.2, 0.25) is 0 Å². The molecule has 2 unspecified atom stereocenters. The van der Waals surface area contributed by atoms with Crippen LogP contribution >= 0.6 is 0 Å². The molecule has 0 aromatic rings. The van der Waals surface area contributed by atoms with Crippen molar-refractivity contribution in [3.63, 3.8) is 0 Å². The highest BCUT2D eigenvalue weighted by atomic mass is 32.2. The number of aliphatic hydroxyl groups is 1. The third-order valence-corrected chi connectivity index (χ3v) is 4.53. The van der Waals surface area contributed by atoms with E-state index < -0.39 is 15.6 Å². The lowest BCUT2D eigenvalue weighted by molar-refractivity contribution is 0.0313. The van der Waals surface area contributed by atoms with Crippen LogP contribution < -0.4 is 4.72 Å². The molecule has 0 saturated carbocycles. The Morgan fingerprint density at radius 2 is 2.24 bits per heavy atom. The van der Waals surface area contributed by atoms with Crippen LogP contribution in [0.5, 0.6) is 0 Å². The van der Waals surface area contributed by atoms with Gasteiger partial charge in [-0.3, -0.25) is 0 Å². The predicted octanol–water partition coefficient (Wildman–Crippen LogP) is -0.764. The van der Waals surface area contributed by atoms with Crippen molar-refractivity contribution in [1.29, 1.82) is 0 Å². The Bertz CT molecular complexity index is 344. The second-order valence-corrected chi connectivity index (χ2v) is 6.62. The lowest BCUT2D eigenvalue weighted by Crippen LogP contribution is -2.45. The molecule has 2 aliphatic heterocycles. The van der Waals surface area contributed by atoms with Crippen molar-refractivity contribution in [3.05, 3.63) is 0 Å². The lowest BCUT2D eigenvalue weighted by atomic mass is 10.1. The van der Waals surface area contributed by atoms with Crippen LogP contribution in [0.3, 0.4) is 0 Å². The maximum atomic E-state index is 11.7. The number of sulfonamides is 1. The summed E-state index contributed by atoms with van der Waals surface area (Å²) < 4.78 is 36.2. The molecule has 0 aliphatic carbocycles. The van der Waals surface area contributed by atoms with E-state index in [9.17, 15) is 13.5 Å². The molecule has 2 aliphatic rings. The van der Waals surface area contributed by atoms with E-state index in [1.165, 1.54) is 0 Å². The van der Waals surface area contributed by atoms with E-state index in [4.69, 9.17) is 9.47 Å². The molecule has 100 valence electrons. The summed E-state index contributed by atoms with van der Waals surface area (Å²) in [6.45, 7) is 1.32. The van der Waals surface area contributed by atoms with E-state index in [1.54, 1.807) is 0 Å². The summed E-state index contributed by atoms with van der Waals surface area (Å²) in [7, 11) is -3.38. The molecule has 6 nitrogen and oxygen atoms in total. The Kier molecular flexibility index (Phi) is 4.04. The van der Waals surface area contributed by atoms with Gasteiger partial charge in [0.2, 0.25) is 10.0 Å². The minimum absolute atomic E-state index is 0.0159. The normalized spacial score (nSPS) is 34.3. The van der Waals surface area contributed by atoms with Crippen molar-refractivity contribution in [2.45, 2.75) is 31.0 Å². The first-order valence-corrected chi connectivity index (χ1v) is 7.53. The van der Waals surface area contributed by atoms with Crippen LogP contribution in [0.1, 0.15) is 19.3 Å². The molecule has 0 aromatic carbocycles. The molecule has 2 atom stereocenters. The van der Waals surface area contributed by atoms with Crippen molar-refractivity contribution in [3.8, 4) is 0 Å². The molecule has 0 radical (unpaired) electrons. The largest absolute Gasteiger partial charge is 0.386 e. The first-order chi connectivity index (χ1) is 7.99. The quantitative estimate of drug-likeness (QED) is 0.682. The van der Waals surface area contributed by atoms with E-state index in [1.807, 2.05) is 0 Å². The number of hydrogen-bond acceptors (Lipinski definition) is 5. The van der Waals surface area contributed by atoms with Crippen molar-refractivity contribution in [1.82, 2.24) is 4.72 Å². The Morgan fingerprint density at radius 1 is 1.41 bits per heavy atom. The zero-order valence-electron chi connectivity index (χ0n) is 9.72. The summed E-state index contributed by atoms with van der Waals surface area (Å²) in [4.78, 5) is 0. The van der Waals surface area contributed by atoms with Gasteiger partial charge in [0.05, 0.1) is 18.5 Å². The average Bonchev–Trinajstić information content (AvgIpc) is 2.88. The van der Waals surface area contributed by atoms with Gasteiger partial charge in [0, 0.05) is 26.2 Å². The van der Waals surface area contributed by atoms with Crippen molar-refractivity contribution in [2.75, 3.05) is 32.1 Å². The van der Waals surface area contributed by atoms with Crippen LogP contribution in [0.4, 0.5) is 0 Å². The van der Waals surface area contributed by atoms with Gasteiger partial charge in [-0.2, -0.15) is 0 Å². The van der Waals surface area contributed by atoms with Gasteiger partial charge in [0.1, 0.15) is 5.60 Å². The highest BCUT2D eigenvalue weighted by Crippen LogP contribution is 2.18. The summed E-state index contributed by atoms with van der Waals surface area (Å²) >= 11 is 0. The zero-order valence-corrected chi connectivity index (χ0v) is 10.5. The minimum Gasteiger partial charge on any atom is -0.386 e. The lowest BCUT2D eigenvalue weighted by Gasteiger charge is -2.21. The standard InChI is InChI=1S/C10H19NO5S/c12-10(3-5-15-8-10)7-11-17(13,14)6-9-2-1-4-16-9/h9,11-12H,1-8H2. The SMILES string of the molecule is O=S(=O)(CC1CCCO1)NCC1(O)CCOC1. The number of rotatable bonds is 5. The minimum atomic E-state index is -3.38. The van der Waals surface area contributed by atoms with E-state index in [0.717, 1.165) is 12.8 Å². The molecule has 2 N–H and O–H groups in total. The third kappa shape index (κ3) is 3.89. The second-order valence-electron chi connectivity index (χ2n) is 4.76. The van der Waals surface area contributed by atoms with E-state index >= 15 is 0 Å². The number of nitrogens with one attached hydrogen (secondary N) is 1. The molecule has 2 saturated heterocycles. The fourth-order valence-corrected chi connectivity index (χ4v) is 3.42. The molecular weight excluding hydrogens is 246 g/mol. The van der Waals surface area contributed by atoms with Gasteiger partial charge in [-0.05, 0) is 12.8 Å².